The molecule has 0 radical (unpaired) electrons. The molecule has 144 valence electrons. The highest BCUT2D eigenvalue weighted by atomic mass is 35.5. The van der Waals surface area contributed by atoms with Crippen LogP contribution in [-0.2, 0) is 6.54 Å². The van der Waals surface area contributed by atoms with Crippen LogP contribution in [0.4, 0.5) is 0 Å². The monoisotopic (exact) mass is 403 g/mol. The second-order valence-electron chi connectivity index (χ2n) is 6.65. The molecular weight excluding hydrogens is 386 g/mol. The molecule has 6 heteroatoms. The third-order valence-electron chi connectivity index (χ3n) is 4.48. The van der Waals surface area contributed by atoms with E-state index in [-0.39, 0.29) is 5.91 Å². The van der Waals surface area contributed by atoms with Crippen molar-refractivity contribution >= 4 is 17.5 Å². The molecule has 0 aliphatic carbocycles. The van der Waals surface area contributed by atoms with Gasteiger partial charge in [-0.05, 0) is 54.1 Å². The van der Waals surface area contributed by atoms with Crippen LogP contribution in [0.25, 0.3) is 22.9 Å². The lowest BCUT2D eigenvalue weighted by Crippen LogP contribution is -2.26. The van der Waals surface area contributed by atoms with Gasteiger partial charge in [-0.3, -0.25) is 4.79 Å². The van der Waals surface area contributed by atoms with Gasteiger partial charge in [0.1, 0.15) is 0 Å². The fourth-order valence-electron chi connectivity index (χ4n) is 2.99. The van der Waals surface area contributed by atoms with Crippen LogP contribution in [0.1, 0.15) is 15.9 Å². The van der Waals surface area contributed by atoms with Crippen molar-refractivity contribution in [3.05, 3.63) is 95.0 Å². The van der Waals surface area contributed by atoms with E-state index in [0.29, 0.717) is 28.9 Å². The number of rotatable bonds is 5. The van der Waals surface area contributed by atoms with E-state index in [0.717, 1.165) is 16.7 Å². The van der Waals surface area contributed by atoms with Crippen LogP contribution in [0.3, 0.4) is 0 Å². The lowest BCUT2D eigenvalue weighted by atomic mass is 10.1. The van der Waals surface area contributed by atoms with E-state index < -0.39 is 0 Å². The molecule has 0 N–H and O–H groups in total. The molecule has 0 aliphatic rings. The van der Waals surface area contributed by atoms with Gasteiger partial charge in [-0.1, -0.05) is 41.9 Å². The first-order valence-corrected chi connectivity index (χ1v) is 9.47. The largest absolute Gasteiger partial charge is 0.416 e. The highest BCUT2D eigenvalue weighted by Gasteiger charge is 2.14. The summed E-state index contributed by atoms with van der Waals surface area (Å²) in [5.74, 6) is 0.796. The second-order valence-corrected chi connectivity index (χ2v) is 7.08. The number of carbonyl (C=O) groups is 1. The number of benzene rings is 3. The smallest absolute Gasteiger partial charge is 0.253 e. The number of amides is 1. The fourth-order valence-corrected chi connectivity index (χ4v) is 3.21. The Hall–Kier alpha value is -3.44. The van der Waals surface area contributed by atoms with Crippen LogP contribution in [0.15, 0.2) is 83.3 Å². The molecule has 0 atom stereocenters. The molecular formula is C23H18ClN3O2. The summed E-state index contributed by atoms with van der Waals surface area (Å²) in [7, 11) is 1.77. The maximum absolute atomic E-state index is 12.7. The highest BCUT2D eigenvalue weighted by molar-refractivity contribution is 6.30. The van der Waals surface area contributed by atoms with Gasteiger partial charge in [0.2, 0.25) is 11.8 Å². The fraction of sp³-hybridized carbons (Fsp3) is 0.0870. The molecule has 1 aromatic heterocycles. The van der Waals surface area contributed by atoms with Crippen LogP contribution in [0.2, 0.25) is 5.02 Å². The Morgan fingerprint density at radius 3 is 2.21 bits per heavy atom. The summed E-state index contributed by atoms with van der Waals surface area (Å²) < 4.78 is 5.76. The molecule has 1 heterocycles. The van der Waals surface area contributed by atoms with Crippen molar-refractivity contribution in [3.63, 3.8) is 0 Å². The van der Waals surface area contributed by atoms with Crippen LogP contribution in [0, 0.1) is 0 Å². The number of hydrogen-bond acceptors (Lipinski definition) is 4. The molecule has 4 aromatic rings. The Morgan fingerprint density at radius 2 is 1.55 bits per heavy atom. The van der Waals surface area contributed by atoms with Gasteiger partial charge in [0.15, 0.2) is 0 Å². The van der Waals surface area contributed by atoms with Gasteiger partial charge >= 0.3 is 0 Å². The summed E-state index contributed by atoms with van der Waals surface area (Å²) in [6.45, 7) is 0.477. The zero-order chi connectivity index (χ0) is 20.2. The number of hydrogen-bond donors (Lipinski definition) is 0. The predicted octanol–water partition coefficient (Wildman–Crippen LogP) is 5.33. The van der Waals surface area contributed by atoms with Gasteiger partial charge in [-0.25, -0.2) is 0 Å². The minimum absolute atomic E-state index is 0.0768. The third-order valence-corrected chi connectivity index (χ3v) is 4.72. The standard InChI is InChI=1S/C23H18ClN3O2/c1-27(15-16-6-5-9-20(24)14-16)23(28)19-12-10-18(11-13-19)22-26-25-21(29-22)17-7-3-2-4-8-17/h2-14H,15H2,1H3. The van der Waals surface area contributed by atoms with Gasteiger partial charge in [0.05, 0.1) is 0 Å². The highest BCUT2D eigenvalue weighted by Crippen LogP contribution is 2.24. The summed E-state index contributed by atoms with van der Waals surface area (Å²) in [4.78, 5) is 14.4. The first kappa shape index (κ1) is 18.9. The summed E-state index contributed by atoms with van der Waals surface area (Å²) in [6.07, 6.45) is 0. The number of carbonyl (C=O) groups excluding carboxylic acids is 1. The van der Waals surface area contributed by atoms with Crippen LogP contribution >= 0.6 is 11.6 Å². The zero-order valence-electron chi connectivity index (χ0n) is 15.7. The van der Waals surface area contributed by atoms with E-state index in [1.54, 1.807) is 24.1 Å². The van der Waals surface area contributed by atoms with Gasteiger partial charge in [0.25, 0.3) is 5.91 Å². The zero-order valence-corrected chi connectivity index (χ0v) is 16.5. The van der Waals surface area contributed by atoms with E-state index in [1.165, 1.54) is 0 Å². The van der Waals surface area contributed by atoms with Crippen molar-refractivity contribution in [2.75, 3.05) is 7.05 Å². The van der Waals surface area contributed by atoms with Crippen molar-refractivity contribution in [1.29, 1.82) is 0 Å². The third kappa shape index (κ3) is 4.36. The normalized spacial score (nSPS) is 10.7. The van der Waals surface area contributed by atoms with Crippen molar-refractivity contribution < 1.29 is 9.21 Å². The first-order valence-electron chi connectivity index (χ1n) is 9.09. The average Bonchev–Trinajstić information content (AvgIpc) is 3.24. The maximum Gasteiger partial charge on any atom is 0.253 e. The van der Waals surface area contributed by atoms with Crippen LogP contribution < -0.4 is 0 Å². The topological polar surface area (TPSA) is 59.2 Å². The van der Waals surface area contributed by atoms with E-state index in [2.05, 4.69) is 10.2 Å². The number of aromatic nitrogens is 2. The summed E-state index contributed by atoms with van der Waals surface area (Å²) in [5, 5.41) is 8.87. The van der Waals surface area contributed by atoms with Gasteiger partial charge in [-0.15, -0.1) is 10.2 Å². The molecule has 1 amide bonds. The summed E-state index contributed by atoms with van der Waals surface area (Å²) in [5.41, 5.74) is 3.18. The predicted molar refractivity (Wildman–Crippen MR) is 112 cm³/mol. The summed E-state index contributed by atoms with van der Waals surface area (Å²) in [6, 6.07) is 24.2. The SMILES string of the molecule is CN(Cc1cccc(Cl)c1)C(=O)c1ccc(-c2nnc(-c3ccccc3)o2)cc1. The molecule has 4 rings (SSSR count). The molecule has 5 nitrogen and oxygen atoms in total. The minimum atomic E-state index is -0.0768. The van der Waals surface area contributed by atoms with E-state index in [1.807, 2.05) is 66.7 Å². The lowest BCUT2D eigenvalue weighted by Gasteiger charge is -2.17. The van der Waals surface area contributed by atoms with E-state index in [4.69, 9.17) is 16.0 Å². The second kappa shape index (κ2) is 8.29. The number of halogens is 1. The van der Waals surface area contributed by atoms with Gasteiger partial charge < -0.3 is 9.32 Å². The lowest BCUT2D eigenvalue weighted by molar-refractivity contribution is 0.0785. The van der Waals surface area contributed by atoms with E-state index in [9.17, 15) is 4.79 Å². The van der Waals surface area contributed by atoms with Crippen LogP contribution in [0.5, 0.6) is 0 Å². The molecule has 0 saturated carbocycles. The number of nitrogens with zero attached hydrogens (tertiary/aromatic N) is 3. The Kier molecular flexibility index (Phi) is 5.40. The Morgan fingerprint density at radius 1 is 0.897 bits per heavy atom. The van der Waals surface area contributed by atoms with Gasteiger partial charge in [-0.2, -0.15) is 0 Å². The first-order chi connectivity index (χ1) is 14.1. The molecule has 3 aromatic carbocycles. The van der Waals surface area contributed by atoms with Crippen molar-refractivity contribution in [1.82, 2.24) is 15.1 Å². The molecule has 29 heavy (non-hydrogen) atoms. The Bertz CT molecular complexity index is 1120. The van der Waals surface area contributed by atoms with Crippen molar-refractivity contribution in [3.8, 4) is 22.9 Å². The average molecular weight is 404 g/mol. The molecule has 0 bridgehead atoms. The Balaban J connectivity index is 1.47. The molecule has 0 fully saturated rings. The molecule has 0 aliphatic heterocycles. The quantitative estimate of drug-likeness (QED) is 0.452. The Labute approximate surface area is 173 Å². The maximum atomic E-state index is 12.7. The minimum Gasteiger partial charge on any atom is -0.416 e. The van der Waals surface area contributed by atoms with Crippen molar-refractivity contribution in [2.24, 2.45) is 0 Å². The molecule has 0 saturated heterocycles. The molecule has 0 unspecified atom stereocenters. The van der Waals surface area contributed by atoms with Crippen molar-refractivity contribution in [2.45, 2.75) is 6.54 Å². The summed E-state index contributed by atoms with van der Waals surface area (Å²) >= 11 is 6.02. The van der Waals surface area contributed by atoms with Crippen LogP contribution in [-0.4, -0.2) is 28.1 Å². The molecule has 0 spiro atoms. The van der Waals surface area contributed by atoms with E-state index >= 15 is 0 Å². The van der Waals surface area contributed by atoms with Gasteiger partial charge in [0, 0.05) is 35.3 Å².